The van der Waals surface area contributed by atoms with Crippen LogP contribution in [0.5, 0.6) is 0 Å². The highest BCUT2D eigenvalue weighted by atomic mass is 32.1. The monoisotopic (exact) mass is 409 g/mol. The van der Waals surface area contributed by atoms with Crippen molar-refractivity contribution >= 4 is 56.8 Å². The van der Waals surface area contributed by atoms with Crippen molar-refractivity contribution in [3.05, 3.63) is 59.6 Å². The van der Waals surface area contributed by atoms with E-state index in [2.05, 4.69) is 15.6 Å². The Morgan fingerprint density at radius 3 is 2.34 bits per heavy atom. The van der Waals surface area contributed by atoms with E-state index in [4.69, 9.17) is 4.74 Å². The maximum absolute atomic E-state index is 12.2. The van der Waals surface area contributed by atoms with E-state index in [1.165, 1.54) is 31.3 Å². The maximum Gasteiger partial charge on any atom is 0.331 e. The molecular weight excluding hydrogens is 390 g/mol. The Morgan fingerprint density at radius 2 is 1.69 bits per heavy atom. The van der Waals surface area contributed by atoms with Crippen molar-refractivity contribution in [2.24, 2.45) is 0 Å². The van der Waals surface area contributed by atoms with Crippen molar-refractivity contribution in [3.8, 4) is 0 Å². The SMILES string of the molecule is CC(=O)Nc1ccc(NC(=O)[C@@H](C)OC(=O)/C=C\c2nc3ccccc3s2)cc1. The van der Waals surface area contributed by atoms with E-state index in [1.807, 2.05) is 24.3 Å². The number of thiazole rings is 1. The van der Waals surface area contributed by atoms with Gasteiger partial charge in [0, 0.05) is 24.4 Å². The van der Waals surface area contributed by atoms with Gasteiger partial charge in [0.05, 0.1) is 10.2 Å². The molecule has 0 saturated heterocycles. The molecule has 0 spiro atoms. The molecule has 2 aromatic carbocycles. The van der Waals surface area contributed by atoms with Crippen LogP contribution < -0.4 is 10.6 Å². The van der Waals surface area contributed by atoms with Crippen molar-refractivity contribution in [2.75, 3.05) is 10.6 Å². The van der Waals surface area contributed by atoms with Crippen LogP contribution in [0, 0.1) is 0 Å². The molecule has 0 aliphatic carbocycles. The lowest BCUT2D eigenvalue weighted by Crippen LogP contribution is -2.29. The minimum Gasteiger partial charge on any atom is -0.449 e. The number of benzene rings is 2. The Hall–Kier alpha value is -3.52. The first-order valence-electron chi connectivity index (χ1n) is 8.83. The molecule has 2 N–H and O–H groups in total. The molecule has 0 aliphatic heterocycles. The zero-order valence-electron chi connectivity index (χ0n) is 15.8. The molecule has 1 aromatic heterocycles. The topological polar surface area (TPSA) is 97.4 Å². The maximum atomic E-state index is 12.2. The third-order valence-electron chi connectivity index (χ3n) is 3.81. The Labute approximate surface area is 171 Å². The molecule has 8 heteroatoms. The number of esters is 1. The smallest absolute Gasteiger partial charge is 0.331 e. The molecule has 0 unspecified atom stereocenters. The van der Waals surface area contributed by atoms with E-state index in [0.29, 0.717) is 16.4 Å². The van der Waals surface area contributed by atoms with Crippen LogP contribution in [0.2, 0.25) is 0 Å². The summed E-state index contributed by atoms with van der Waals surface area (Å²) in [7, 11) is 0. The quantitative estimate of drug-likeness (QED) is 0.476. The molecule has 1 heterocycles. The standard InChI is InChI=1S/C21H19N3O4S/c1-13(21(27)23-16-9-7-15(8-10-16)22-14(2)25)28-20(26)12-11-19-24-17-5-3-4-6-18(17)29-19/h3-13H,1-2H3,(H,22,25)(H,23,27)/b12-11-/t13-/m1/s1. The number of carbonyl (C=O) groups excluding carboxylic acids is 3. The summed E-state index contributed by atoms with van der Waals surface area (Å²) >= 11 is 1.46. The Morgan fingerprint density at radius 1 is 1.03 bits per heavy atom. The lowest BCUT2D eigenvalue weighted by molar-refractivity contribution is -0.148. The molecule has 3 rings (SSSR count). The summed E-state index contributed by atoms with van der Waals surface area (Å²) in [5, 5.41) is 5.97. The average Bonchev–Trinajstić information content (AvgIpc) is 3.10. The predicted molar refractivity (Wildman–Crippen MR) is 114 cm³/mol. The molecule has 0 aliphatic rings. The van der Waals surface area contributed by atoms with Gasteiger partial charge in [-0.05, 0) is 49.4 Å². The first-order chi connectivity index (χ1) is 13.9. The Kier molecular flexibility index (Phi) is 6.36. The number of anilines is 2. The van der Waals surface area contributed by atoms with E-state index in [-0.39, 0.29) is 5.91 Å². The molecular formula is C21H19N3O4S. The number of nitrogens with zero attached hydrogens (tertiary/aromatic N) is 1. The zero-order chi connectivity index (χ0) is 20.8. The summed E-state index contributed by atoms with van der Waals surface area (Å²) < 4.78 is 6.16. The molecule has 0 fully saturated rings. The molecule has 0 bridgehead atoms. The van der Waals surface area contributed by atoms with Crippen LogP contribution in [-0.4, -0.2) is 28.9 Å². The normalized spacial score (nSPS) is 11.9. The number of carbonyl (C=O) groups is 3. The summed E-state index contributed by atoms with van der Waals surface area (Å²) in [6.07, 6.45) is 1.85. The van der Waals surface area contributed by atoms with Gasteiger partial charge in [0.15, 0.2) is 6.10 Å². The first kappa shape index (κ1) is 20.2. The molecule has 2 amide bonds. The van der Waals surface area contributed by atoms with Gasteiger partial charge >= 0.3 is 5.97 Å². The highest BCUT2D eigenvalue weighted by Gasteiger charge is 2.16. The fourth-order valence-electron chi connectivity index (χ4n) is 2.45. The van der Waals surface area contributed by atoms with Gasteiger partial charge in [0.1, 0.15) is 5.01 Å². The number of amides is 2. The number of fused-ring (bicyclic) bond motifs is 1. The van der Waals surface area contributed by atoms with Gasteiger partial charge in [-0.15, -0.1) is 11.3 Å². The van der Waals surface area contributed by atoms with Gasteiger partial charge < -0.3 is 15.4 Å². The molecule has 29 heavy (non-hydrogen) atoms. The summed E-state index contributed by atoms with van der Waals surface area (Å²) in [5.41, 5.74) is 2.01. The van der Waals surface area contributed by atoms with Crippen molar-refractivity contribution in [1.82, 2.24) is 4.98 Å². The number of rotatable bonds is 6. The first-order valence-corrected chi connectivity index (χ1v) is 9.65. The van der Waals surface area contributed by atoms with Gasteiger partial charge in [-0.3, -0.25) is 9.59 Å². The van der Waals surface area contributed by atoms with E-state index in [1.54, 1.807) is 30.3 Å². The Balaban J connectivity index is 1.53. The third kappa shape index (κ3) is 5.73. The zero-order valence-corrected chi connectivity index (χ0v) is 16.7. The fourth-order valence-corrected chi connectivity index (χ4v) is 3.32. The van der Waals surface area contributed by atoms with Crippen molar-refractivity contribution in [3.63, 3.8) is 0 Å². The molecule has 7 nitrogen and oxygen atoms in total. The van der Waals surface area contributed by atoms with E-state index in [9.17, 15) is 14.4 Å². The van der Waals surface area contributed by atoms with Crippen molar-refractivity contribution in [1.29, 1.82) is 0 Å². The highest BCUT2D eigenvalue weighted by molar-refractivity contribution is 7.19. The second-order valence-electron chi connectivity index (χ2n) is 6.18. The number of nitrogens with one attached hydrogen (secondary N) is 2. The second-order valence-corrected chi connectivity index (χ2v) is 7.24. The molecule has 3 aromatic rings. The summed E-state index contributed by atoms with van der Waals surface area (Å²) in [4.78, 5) is 39.6. The van der Waals surface area contributed by atoms with Gasteiger partial charge in [-0.1, -0.05) is 12.1 Å². The van der Waals surface area contributed by atoms with E-state index >= 15 is 0 Å². The lowest BCUT2D eigenvalue weighted by Gasteiger charge is -2.12. The van der Waals surface area contributed by atoms with Gasteiger partial charge in [0.25, 0.3) is 5.91 Å². The number of hydrogen-bond acceptors (Lipinski definition) is 6. The van der Waals surface area contributed by atoms with Crippen molar-refractivity contribution < 1.29 is 19.1 Å². The summed E-state index contributed by atoms with van der Waals surface area (Å²) in [6, 6.07) is 14.3. The molecule has 0 saturated carbocycles. The van der Waals surface area contributed by atoms with Crippen LogP contribution in [0.4, 0.5) is 11.4 Å². The van der Waals surface area contributed by atoms with E-state index in [0.717, 1.165) is 10.2 Å². The molecule has 148 valence electrons. The molecule has 0 radical (unpaired) electrons. The van der Waals surface area contributed by atoms with Crippen LogP contribution in [0.15, 0.2) is 54.6 Å². The van der Waals surface area contributed by atoms with Gasteiger partial charge in [-0.25, -0.2) is 9.78 Å². The van der Waals surface area contributed by atoms with Crippen molar-refractivity contribution in [2.45, 2.75) is 20.0 Å². The van der Waals surface area contributed by atoms with Crippen LogP contribution in [0.1, 0.15) is 18.9 Å². The van der Waals surface area contributed by atoms with Crippen LogP contribution in [-0.2, 0) is 19.1 Å². The minimum absolute atomic E-state index is 0.179. The number of hydrogen-bond donors (Lipinski definition) is 2. The number of aromatic nitrogens is 1. The largest absolute Gasteiger partial charge is 0.449 e. The van der Waals surface area contributed by atoms with Crippen LogP contribution >= 0.6 is 11.3 Å². The lowest BCUT2D eigenvalue weighted by atomic mass is 10.2. The predicted octanol–water partition coefficient (Wildman–Crippen LogP) is 3.84. The third-order valence-corrected chi connectivity index (χ3v) is 4.81. The van der Waals surface area contributed by atoms with Crippen LogP contribution in [0.3, 0.4) is 0 Å². The Bertz CT molecular complexity index is 1040. The second kappa shape index (κ2) is 9.11. The summed E-state index contributed by atoms with van der Waals surface area (Å²) in [5.74, 6) is -1.27. The minimum atomic E-state index is -0.975. The van der Waals surface area contributed by atoms with Gasteiger partial charge in [0.2, 0.25) is 5.91 Å². The molecule has 1 atom stereocenters. The number of ether oxygens (including phenoxy) is 1. The average molecular weight is 409 g/mol. The summed E-state index contributed by atoms with van der Waals surface area (Å²) in [6.45, 7) is 2.90. The van der Waals surface area contributed by atoms with Crippen LogP contribution in [0.25, 0.3) is 16.3 Å². The van der Waals surface area contributed by atoms with E-state index < -0.39 is 18.0 Å². The van der Waals surface area contributed by atoms with Gasteiger partial charge in [-0.2, -0.15) is 0 Å². The fraction of sp³-hybridized carbons (Fsp3) is 0.143. The highest BCUT2D eigenvalue weighted by Crippen LogP contribution is 2.22. The number of para-hydroxylation sites is 1.